The predicted octanol–water partition coefficient (Wildman–Crippen LogP) is 7.37. The molecule has 0 saturated carbocycles. The minimum atomic E-state index is -5.10. The molecule has 1 saturated heterocycles. The van der Waals surface area contributed by atoms with E-state index in [2.05, 4.69) is 10.0 Å². The van der Waals surface area contributed by atoms with E-state index in [-0.39, 0.29) is 23.7 Å². The molecule has 2 aromatic carbocycles. The van der Waals surface area contributed by atoms with Gasteiger partial charge in [0, 0.05) is 39.3 Å². The molecule has 0 aromatic heterocycles. The molecular weight excluding hydrogens is 631 g/mol. The molecule has 1 aliphatic heterocycles. The lowest BCUT2D eigenvalue weighted by Gasteiger charge is -2.35. The van der Waals surface area contributed by atoms with E-state index in [9.17, 15) is 39.5 Å². The first-order valence-electron chi connectivity index (χ1n) is 14.7. The van der Waals surface area contributed by atoms with Crippen molar-refractivity contribution in [2.75, 3.05) is 27.3 Å². The van der Waals surface area contributed by atoms with Gasteiger partial charge in [0.05, 0.1) is 23.3 Å². The Labute approximate surface area is 262 Å². The summed E-state index contributed by atoms with van der Waals surface area (Å²) in [7, 11) is 2.82. The number of halogens is 9. The largest absolute Gasteiger partial charge is 0.416 e. The van der Waals surface area contributed by atoms with Crippen molar-refractivity contribution in [1.82, 2.24) is 14.9 Å². The number of alkyl halides is 9. The maximum absolute atomic E-state index is 13.8. The Balaban J connectivity index is 0.00000361. The monoisotopic (exact) mass is 672 g/mol. The summed E-state index contributed by atoms with van der Waals surface area (Å²) in [6, 6.07) is 3.90. The fourth-order valence-electron chi connectivity index (χ4n) is 5.50. The number of methoxy groups -OCH3 is 1. The number of rotatable bonds is 10. The van der Waals surface area contributed by atoms with Crippen LogP contribution in [-0.4, -0.2) is 54.2 Å². The van der Waals surface area contributed by atoms with Crippen LogP contribution in [0.15, 0.2) is 41.5 Å². The van der Waals surface area contributed by atoms with Crippen LogP contribution in [0.1, 0.15) is 79.5 Å². The van der Waals surface area contributed by atoms with Crippen molar-refractivity contribution in [3.05, 3.63) is 69.8 Å². The average molecular weight is 673 g/mol. The highest BCUT2D eigenvalue weighted by Gasteiger charge is 2.38. The zero-order valence-electron chi connectivity index (χ0n) is 26.3. The van der Waals surface area contributed by atoms with Gasteiger partial charge in [0.15, 0.2) is 0 Å². The van der Waals surface area contributed by atoms with Crippen LogP contribution >= 0.6 is 0 Å². The summed E-state index contributed by atoms with van der Waals surface area (Å²) >= 11 is 0. The molecule has 1 heterocycles. The van der Waals surface area contributed by atoms with Crippen molar-refractivity contribution >= 4 is 5.96 Å². The van der Waals surface area contributed by atoms with Gasteiger partial charge in [-0.3, -0.25) is 4.90 Å². The number of nitrogens with zero attached hydrogens (tertiary/aromatic N) is 4. The molecule has 0 radical (unpaired) electrons. The molecule has 0 aliphatic carbocycles. The summed E-state index contributed by atoms with van der Waals surface area (Å²) in [6.07, 6.45) is -12.8. The lowest BCUT2D eigenvalue weighted by atomic mass is 9.93. The maximum atomic E-state index is 13.8. The van der Waals surface area contributed by atoms with Crippen LogP contribution in [0.3, 0.4) is 0 Å². The van der Waals surface area contributed by atoms with Gasteiger partial charge in [0.2, 0.25) is 5.96 Å². The molecule has 2 unspecified atom stereocenters. The van der Waals surface area contributed by atoms with E-state index < -0.39 is 59.8 Å². The minimum absolute atomic E-state index is 0.000356. The van der Waals surface area contributed by atoms with Crippen LogP contribution in [0.25, 0.3) is 0 Å². The summed E-state index contributed by atoms with van der Waals surface area (Å²) in [6.45, 7) is 5.84. The summed E-state index contributed by atoms with van der Waals surface area (Å²) in [5.74, 6) is 5.13. The quantitative estimate of drug-likeness (QED) is 0.0903. The van der Waals surface area contributed by atoms with E-state index in [1.165, 1.54) is 13.1 Å². The van der Waals surface area contributed by atoms with E-state index in [0.717, 1.165) is 35.0 Å². The number of benzene rings is 2. The van der Waals surface area contributed by atoms with Gasteiger partial charge in [-0.1, -0.05) is 26.8 Å². The van der Waals surface area contributed by atoms with Crippen molar-refractivity contribution in [1.29, 1.82) is 0 Å². The van der Waals surface area contributed by atoms with Crippen LogP contribution < -0.4 is 11.6 Å². The Morgan fingerprint density at radius 1 is 0.935 bits per heavy atom. The fourth-order valence-corrected chi connectivity index (χ4v) is 5.50. The lowest BCUT2D eigenvalue weighted by Crippen LogP contribution is -2.40. The molecule has 4 N–H and O–H groups in total. The van der Waals surface area contributed by atoms with Crippen LogP contribution in [0.4, 0.5) is 39.5 Å². The number of likely N-dealkylation sites (tertiary alicyclic amines) is 1. The Kier molecular flexibility index (Phi) is 13.6. The zero-order valence-corrected chi connectivity index (χ0v) is 26.3. The van der Waals surface area contributed by atoms with Gasteiger partial charge in [-0.05, 0) is 72.8 Å². The highest BCUT2D eigenvalue weighted by atomic mass is 19.4. The van der Waals surface area contributed by atoms with Crippen LogP contribution in [0.5, 0.6) is 0 Å². The van der Waals surface area contributed by atoms with Crippen molar-refractivity contribution in [3.8, 4) is 0 Å². The first kappa shape index (κ1) is 38.9. The Morgan fingerprint density at radius 2 is 1.50 bits per heavy atom. The third-order valence-corrected chi connectivity index (χ3v) is 7.36. The fraction of sp³-hybridized carbons (Fsp3) is 0.567. The van der Waals surface area contributed by atoms with Crippen molar-refractivity contribution in [2.24, 2.45) is 16.7 Å². The molecule has 1 aliphatic rings. The van der Waals surface area contributed by atoms with Crippen LogP contribution in [0.2, 0.25) is 0 Å². The Hall–Kier alpha value is -3.24. The number of hydrogen-bond acceptors (Lipinski definition) is 5. The molecule has 260 valence electrons. The van der Waals surface area contributed by atoms with E-state index in [4.69, 9.17) is 16.3 Å². The molecule has 2 aromatic rings. The molecule has 0 amide bonds. The molecule has 0 bridgehead atoms. The third kappa shape index (κ3) is 10.4. The number of hydrogen-bond donors (Lipinski definition) is 2. The molecule has 2 atom stereocenters. The van der Waals surface area contributed by atoms with Gasteiger partial charge in [0.1, 0.15) is 0 Å². The van der Waals surface area contributed by atoms with Crippen LogP contribution in [-0.2, 0) is 36.4 Å². The summed E-state index contributed by atoms with van der Waals surface area (Å²) in [4.78, 5) is 3.22. The second-order valence-electron chi connectivity index (χ2n) is 10.6. The van der Waals surface area contributed by atoms with Gasteiger partial charge in [-0.25, -0.2) is 11.0 Å². The lowest BCUT2D eigenvalue weighted by molar-refractivity contribution is -0.143. The van der Waals surface area contributed by atoms with Crippen molar-refractivity contribution < 1.29 is 44.3 Å². The Morgan fingerprint density at radius 3 is 1.98 bits per heavy atom. The van der Waals surface area contributed by atoms with Crippen molar-refractivity contribution in [2.45, 2.75) is 83.7 Å². The first-order chi connectivity index (χ1) is 21.3. The maximum Gasteiger partial charge on any atom is 0.416 e. The molecule has 0 spiro atoms. The molecule has 7 nitrogen and oxygen atoms in total. The second kappa shape index (κ2) is 16.0. The topological polar surface area (TPSA) is 83.3 Å². The summed E-state index contributed by atoms with van der Waals surface area (Å²) < 4.78 is 128. The van der Waals surface area contributed by atoms with E-state index >= 15 is 0 Å². The molecule has 3 rings (SSSR count). The normalized spacial score (nSPS) is 17.0. The van der Waals surface area contributed by atoms with Crippen molar-refractivity contribution in [3.63, 3.8) is 0 Å². The smallest absolute Gasteiger partial charge is 0.383 e. The molecular formula is C30H41F9N6O. The standard InChI is InChI=1S/C28H35F9N6O.C2H6/c1-4-24(43-9-5-6-22(43)16-44-3)23-8-7-19(26(29,30)31)12-18(23)15-42(25(38)40-41(2)39)14-17-10-20(27(32,33)34)13-21(11-17)28(35,36)37;1-2/h7-8,10-13,22,24H,4-6,9,14-16,39H2,1-3H3,(H2,38,40);1-2H3. The third-order valence-electron chi connectivity index (χ3n) is 7.36. The minimum Gasteiger partial charge on any atom is -0.383 e. The van der Waals surface area contributed by atoms with Gasteiger partial charge < -0.3 is 15.4 Å². The number of guanidine groups is 1. The second-order valence-corrected chi connectivity index (χ2v) is 10.6. The zero-order chi connectivity index (χ0) is 35.0. The van der Waals surface area contributed by atoms with Gasteiger partial charge in [-0.2, -0.15) is 39.5 Å². The van der Waals surface area contributed by atoms with E-state index in [0.29, 0.717) is 37.3 Å². The van der Waals surface area contributed by atoms with E-state index in [1.54, 1.807) is 7.11 Å². The highest BCUT2D eigenvalue weighted by Crippen LogP contribution is 2.39. The summed E-state index contributed by atoms with van der Waals surface area (Å²) in [5, 5.41) is 4.59. The van der Waals surface area contributed by atoms with Crippen LogP contribution in [0, 0.1) is 0 Å². The number of nitrogens with two attached hydrogens (primary N) is 2. The molecule has 46 heavy (non-hydrogen) atoms. The van der Waals surface area contributed by atoms with Gasteiger partial charge in [0.25, 0.3) is 0 Å². The number of hydrazone groups is 1. The predicted molar refractivity (Wildman–Crippen MR) is 157 cm³/mol. The van der Waals surface area contributed by atoms with E-state index in [1.807, 2.05) is 20.8 Å². The number of ether oxygens (including phenoxy) is 1. The SMILES string of the molecule is CC.CCC(c1ccc(C(F)(F)F)cc1CN(Cc1cc(C(F)(F)F)cc(C(F)(F)F)c1)/C(N)=N/N(C)N)N1CCCC1COC. The average Bonchev–Trinajstić information content (AvgIpc) is 3.41. The molecule has 16 heteroatoms. The first-order valence-corrected chi connectivity index (χ1v) is 14.7. The Bertz CT molecular complexity index is 1260. The highest BCUT2D eigenvalue weighted by molar-refractivity contribution is 5.78. The summed E-state index contributed by atoms with van der Waals surface area (Å²) in [5.41, 5.74) is 2.20. The molecule has 1 fully saturated rings. The number of hydrazine groups is 1. The van der Waals surface area contributed by atoms with Gasteiger partial charge in [-0.15, -0.1) is 5.10 Å². The van der Waals surface area contributed by atoms with Gasteiger partial charge >= 0.3 is 18.5 Å².